The number of halogens is 3. The Hall–Kier alpha value is -2.20. The lowest BCUT2D eigenvalue weighted by Gasteiger charge is -2.14. The van der Waals surface area contributed by atoms with Gasteiger partial charge < -0.3 is 4.74 Å². The number of alkyl halides is 3. The molecule has 1 aromatic carbocycles. The molecule has 0 aliphatic carbocycles. The van der Waals surface area contributed by atoms with E-state index >= 15 is 0 Å². The third-order valence-electron chi connectivity index (χ3n) is 3.60. The van der Waals surface area contributed by atoms with E-state index in [4.69, 9.17) is 10.00 Å². The molecular formula is C19H19F3N2OS. The summed E-state index contributed by atoms with van der Waals surface area (Å²) in [6.45, 7) is 4.46. The van der Waals surface area contributed by atoms with Gasteiger partial charge in [-0.3, -0.25) is 0 Å². The lowest BCUT2D eigenvalue weighted by molar-refractivity contribution is -0.138. The van der Waals surface area contributed by atoms with Gasteiger partial charge in [0.1, 0.15) is 16.8 Å². The molecule has 138 valence electrons. The van der Waals surface area contributed by atoms with E-state index < -0.39 is 17.3 Å². The van der Waals surface area contributed by atoms with Crippen molar-refractivity contribution in [1.29, 1.82) is 5.26 Å². The number of hydrogen-bond donors (Lipinski definition) is 0. The molecule has 2 rings (SSSR count). The van der Waals surface area contributed by atoms with Crippen molar-refractivity contribution in [2.45, 2.75) is 37.9 Å². The number of nitrogens with zero attached hydrogens (tertiary/aromatic N) is 2. The number of unbranched alkanes of at least 4 members (excludes halogenated alkanes) is 1. The fraction of sp³-hybridized carbons (Fsp3) is 0.368. The van der Waals surface area contributed by atoms with Crippen LogP contribution >= 0.6 is 11.8 Å². The minimum absolute atomic E-state index is 0.100. The van der Waals surface area contributed by atoms with E-state index in [1.807, 2.05) is 0 Å². The summed E-state index contributed by atoms with van der Waals surface area (Å²) < 4.78 is 45.7. The number of rotatable bonds is 7. The minimum Gasteiger partial charge on any atom is -0.494 e. The SMILES string of the molecule is CCCCOc1ccc(-c2cc(C(F)(F)F)c(C#N)c(SCC)n2)cc1. The molecule has 0 saturated heterocycles. The van der Waals surface area contributed by atoms with Crippen LogP contribution in [-0.4, -0.2) is 17.3 Å². The van der Waals surface area contributed by atoms with Gasteiger partial charge in [-0.05, 0) is 42.5 Å². The van der Waals surface area contributed by atoms with Gasteiger partial charge in [-0.15, -0.1) is 11.8 Å². The fourth-order valence-corrected chi connectivity index (χ4v) is 3.03. The zero-order chi connectivity index (χ0) is 19.2. The minimum atomic E-state index is -4.62. The quantitative estimate of drug-likeness (QED) is 0.441. The first-order valence-electron chi connectivity index (χ1n) is 8.29. The molecule has 1 heterocycles. The van der Waals surface area contributed by atoms with Crippen molar-refractivity contribution in [3.63, 3.8) is 0 Å². The summed E-state index contributed by atoms with van der Waals surface area (Å²) in [5, 5.41) is 9.27. The predicted octanol–water partition coefficient (Wildman–Crippen LogP) is 5.93. The van der Waals surface area contributed by atoms with E-state index in [0.717, 1.165) is 30.7 Å². The van der Waals surface area contributed by atoms with Crippen molar-refractivity contribution >= 4 is 11.8 Å². The summed E-state index contributed by atoms with van der Waals surface area (Å²) in [5.74, 6) is 1.18. The van der Waals surface area contributed by atoms with Gasteiger partial charge in [0.25, 0.3) is 0 Å². The Morgan fingerprint density at radius 2 is 1.88 bits per heavy atom. The van der Waals surface area contributed by atoms with Gasteiger partial charge in [0.2, 0.25) is 0 Å². The van der Waals surface area contributed by atoms with Crippen LogP contribution in [0.25, 0.3) is 11.3 Å². The molecule has 0 N–H and O–H groups in total. The Labute approximate surface area is 155 Å². The number of ether oxygens (including phenoxy) is 1. The van der Waals surface area contributed by atoms with Crippen LogP contribution in [0.15, 0.2) is 35.4 Å². The van der Waals surface area contributed by atoms with Gasteiger partial charge in [0.15, 0.2) is 0 Å². The third kappa shape index (κ3) is 4.92. The van der Waals surface area contributed by atoms with E-state index in [1.54, 1.807) is 37.3 Å². The summed E-state index contributed by atoms with van der Waals surface area (Å²) in [6, 6.07) is 9.36. The van der Waals surface area contributed by atoms with Crippen LogP contribution in [0.4, 0.5) is 13.2 Å². The average Bonchev–Trinajstić information content (AvgIpc) is 2.61. The molecule has 0 unspecified atom stereocenters. The molecule has 0 bridgehead atoms. The summed E-state index contributed by atoms with van der Waals surface area (Å²) in [6.07, 6.45) is -2.66. The Morgan fingerprint density at radius 3 is 2.42 bits per heavy atom. The maximum absolute atomic E-state index is 13.4. The molecule has 3 nitrogen and oxygen atoms in total. The first-order valence-corrected chi connectivity index (χ1v) is 9.27. The molecule has 0 saturated carbocycles. The van der Waals surface area contributed by atoms with Gasteiger partial charge in [0, 0.05) is 5.56 Å². The normalized spacial score (nSPS) is 11.2. The molecule has 2 aromatic rings. The average molecular weight is 380 g/mol. The lowest BCUT2D eigenvalue weighted by atomic mass is 10.1. The van der Waals surface area contributed by atoms with Crippen molar-refractivity contribution in [2.24, 2.45) is 0 Å². The van der Waals surface area contributed by atoms with Crippen molar-refractivity contribution < 1.29 is 17.9 Å². The molecule has 26 heavy (non-hydrogen) atoms. The first kappa shape index (κ1) is 20.1. The number of thioether (sulfide) groups is 1. The Balaban J connectivity index is 2.42. The Bertz CT molecular complexity index is 783. The highest BCUT2D eigenvalue weighted by Crippen LogP contribution is 2.38. The number of benzene rings is 1. The second kappa shape index (κ2) is 8.95. The highest BCUT2D eigenvalue weighted by Gasteiger charge is 2.36. The summed E-state index contributed by atoms with van der Waals surface area (Å²) in [5.41, 5.74) is -0.648. The van der Waals surface area contributed by atoms with Gasteiger partial charge >= 0.3 is 6.18 Å². The molecule has 0 aliphatic heterocycles. The van der Waals surface area contributed by atoms with Crippen LogP contribution in [0, 0.1) is 11.3 Å². The molecule has 0 spiro atoms. The Kier molecular flexibility index (Phi) is 6.92. The Morgan fingerprint density at radius 1 is 1.19 bits per heavy atom. The lowest BCUT2D eigenvalue weighted by Crippen LogP contribution is -2.10. The van der Waals surface area contributed by atoms with E-state index in [-0.39, 0.29) is 10.7 Å². The highest BCUT2D eigenvalue weighted by atomic mass is 32.2. The zero-order valence-corrected chi connectivity index (χ0v) is 15.4. The van der Waals surface area contributed by atoms with Gasteiger partial charge in [-0.25, -0.2) is 4.98 Å². The van der Waals surface area contributed by atoms with E-state index in [9.17, 15) is 13.2 Å². The highest BCUT2D eigenvalue weighted by molar-refractivity contribution is 7.99. The molecule has 0 aliphatic rings. The molecule has 0 amide bonds. The van der Waals surface area contributed by atoms with E-state index in [1.165, 1.54) is 0 Å². The maximum atomic E-state index is 13.4. The van der Waals surface area contributed by atoms with Crippen LogP contribution in [-0.2, 0) is 6.18 Å². The largest absolute Gasteiger partial charge is 0.494 e. The van der Waals surface area contributed by atoms with Gasteiger partial charge in [-0.2, -0.15) is 18.4 Å². The van der Waals surface area contributed by atoms with Crippen LogP contribution in [0.3, 0.4) is 0 Å². The van der Waals surface area contributed by atoms with Crippen LogP contribution in [0.5, 0.6) is 5.75 Å². The summed E-state index contributed by atoms with van der Waals surface area (Å²) in [7, 11) is 0. The molecule has 0 atom stereocenters. The van der Waals surface area contributed by atoms with Crippen LogP contribution in [0.2, 0.25) is 0 Å². The topological polar surface area (TPSA) is 45.9 Å². The van der Waals surface area contributed by atoms with E-state index in [0.29, 0.717) is 23.7 Å². The van der Waals surface area contributed by atoms with Crippen molar-refractivity contribution in [2.75, 3.05) is 12.4 Å². The monoisotopic (exact) mass is 380 g/mol. The second-order valence-corrected chi connectivity index (χ2v) is 6.76. The molecule has 7 heteroatoms. The number of pyridine rings is 1. The number of nitriles is 1. The van der Waals surface area contributed by atoms with Crippen molar-refractivity contribution in [3.05, 3.63) is 41.5 Å². The summed E-state index contributed by atoms with van der Waals surface area (Å²) >= 11 is 1.12. The van der Waals surface area contributed by atoms with Crippen LogP contribution < -0.4 is 4.74 Å². The van der Waals surface area contributed by atoms with Crippen molar-refractivity contribution in [3.8, 4) is 23.1 Å². The smallest absolute Gasteiger partial charge is 0.417 e. The van der Waals surface area contributed by atoms with Crippen LogP contribution in [0.1, 0.15) is 37.8 Å². The molecule has 0 fully saturated rings. The molecule has 0 radical (unpaired) electrons. The number of aromatic nitrogens is 1. The predicted molar refractivity (Wildman–Crippen MR) is 96.2 cm³/mol. The van der Waals surface area contributed by atoms with Gasteiger partial charge in [0.05, 0.1) is 23.4 Å². The summed E-state index contributed by atoms with van der Waals surface area (Å²) in [4.78, 5) is 4.28. The third-order valence-corrected chi connectivity index (χ3v) is 4.46. The zero-order valence-electron chi connectivity index (χ0n) is 14.6. The fourth-order valence-electron chi connectivity index (χ4n) is 2.30. The maximum Gasteiger partial charge on any atom is 0.417 e. The van der Waals surface area contributed by atoms with Crippen molar-refractivity contribution in [1.82, 2.24) is 4.98 Å². The van der Waals surface area contributed by atoms with Gasteiger partial charge in [-0.1, -0.05) is 20.3 Å². The first-order chi connectivity index (χ1) is 12.4. The second-order valence-electron chi connectivity index (χ2n) is 5.50. The standard InChI is InChI=1S/C19H19F3N2OS/c1-3-5-10-25-14-8-6-13(7-9-14)17-11-16(19(20,21)22)15(12-23)18(24-17)26-4-2/h6-9,11H,3-5,10H2,1-2H3. The molecular weight excluding hydrogens is 361 g/mol. The van der Waals surface area contributed by atoms with E-state index in [2.05, 4.69) is 11.9 Å². The molecule has 1 aromatic heterocycles. The number of hydrogen-bond acceptors (Lipinski definition) is 4.